The van der Waals surface area contributed by atoms with Gasteiger partial charge >= 0.3 is 136 Å². The van der Waals surface area contributed by atoms with Crippen LogP contribution in [0.1, 0.15) is 29.5 Å². The molecule has 2 aliphatic carbocycles. The molecule has 0 N–H and O–H groups in total. The molecular formula is C20H21ClZr. The maximum Gasteiger partial charge on any atom is -1.00 e. The van der Waals surface area contributed by atoms with Crippen molar-refractivity contribution < 1.29 is 34.2 Å². The van der Waals surface area contributed by atoms with Crippen molar-refractivity contribution in [2.24, 2.45) is 0 Å². The second kappa shape index (κ2) is 8.09. The van der Waals surface area contributed by atoms with Crippen molar-refractivity contribution in [2.75, 3.05) is 0 Å². The first-order valence-electron chi connectivity index (χ1n) is 7.58. The molecule has 0 spiro atoms. The van der Waals surface area contributed by atoms with Gasteiger partial charge in [-0.3, -0.25) is 0 Å². The molecule has 0 bridgehead atoms. The van der Waals surface area contributed by atoms with Crippen molar-refractivity contribution in [3.05, 3.63) is 81.7 Å². The van der Waals surface area contributed by atoms with Crippen LogP contribution in [0, 0.1) is 13.8 Å². The van der Waals surface area contributed by atoms with E-state index in [4.69, 9.17) is 0 Å². The fraction of sp³-hybridized carbons (Fsp3) is 0.200. The largest absolute Gasteiger partial charge is 1.00 e. The van der Waals surface area contributed by atoms with E-state index in [-0.39, 0.29) is 12.4 Å². The number of halogens is 1. The quantitative estimate of drug-likeness (QED) is 0.744. The fourth-order valence-corrected chi connectivity index (χ4v) is 8.97. The molecule has 22 heavy (non-hydrogen) atoms. The minimum absolute atomic E-state index is 0. The van der Waals surface area contributed by atoms with Gasteiger partial charge in [0.2, 0.25) is 0 Å². The van der Waals surface area contributed by atoms with Gasteiger partial charge in [0.25, 0.3) is 0 Å². The smallest absolute Gasteiger partial charge is 1.00 e. The number of rotatable bonds is 4. The Morgan fingerprint density at radius 3 is 1.86 bits per heavy atom. The van der Waals surface area contributed by atoms with Crippen molar-refractivity contribution in [3.8, 4) is 0 Å². The number of allylic oxidation sites excluding steroid dienone is 8. The summed E-state index contributed by atoms with van der Waals surface area (Å²) in [5, 5.41) is 0. The molecule has 0 aliphatic heterocycles. The summed E-state index contributed by atoms with van der Waals surface area (Å²) < 4.78 is 5.97. The van der Waals surface area contributed by atoms with Gasteiger partial charge < -0.3 is 12.4 Å². The van der Waals surface area contributed by atoms with Crippen LogP contribution in [0.15, 0.2) is 65.0 Å². The minimum Gasteiger partial charge on any atom is -1.00 e. The topological polar surface area (TPSA) is 0 Å². The van der Waals surface area contributed by atoms with E-state index in [0.29, 0.717) is 0 Å². The summed E-state index contributed by atoms with van der Waals surface area (Å²) in [6.45, 7) is 4.35. The first-order chi connectivity index (χ1) is 10.2. The SMILES string of the molecule is Cc1cc(C)cc(/C=[CH]/[Zr+]([C]2=CC=CC2)[C]2=CC=CC2)c1.[Cl-]. The molecule has 0 atom stereocenters. The van der Waals surface area contributed by atoms with Crippen molar-refractivity contribution in [1.29, 1.82) is 0 Å². The van der Waals surface area contributed by atoms with Gasteiger partial charge in [0.15, 0.2) is 0 Å². The molecule has 1 aromatic carbocycles. The Kier molecular flexibility index (Phi) is 6.41. The maximum atomic E-state index is 2.56. The molecule has 0 unspecified atom stereocenters. The van der Waals surface area contributed by atoms with Crippen molar-refractivity contribution in [1.82, 2.24) is 0 Å². The molecule has 0 radical (unpaired) electrons. The molecule has 0 saturated heterocycles. The summed E-state index contributed by atoms with van der Waals surface area (Å²) in [7, 11) is 0. The molecule has 0 heterocycles. The third-order valence-corrected chi connectivity index (χ3v) is 10.4. The maximum absolute atomic E-state index is 2.56. The van der Waals surface area contributed by atoms with Crippen LogP contribution in [-0.4, -0.2) is 0 Å². The molecule has 2 heteroatoms. The van der Waals surface area contributed by atoms with E-state index in [2.05, 4.69) is 78.4 Å². The van der Waals surface area contributed by atoms with E-state index < -0.39 is 21.8 Å². The minimum atomic E-state index is -1.77. The average molecular weight is 388 g/mol. The molecule has 112 valence electrons. The Labute approximate surface area is 148 Å². The molecule has 0 nitrogen and oxygen atoms in total. The molecule has 0 fully saturated rings. The van der Waals surface area contributed by atoms with Gasteiger partial charge in [-0.15, -0.1) is 0 Å². The van der Waals surface area contributed by atoms with E-state index in [0.717, 1.165) is 0 Å². The zero-order chi connectivity index (χ0) is 14.7. The number of benzene rings is 1. The predicted octanol–water partition coefficient (Wildman–Crippen LogP) is 2.58. The van der Waals surface area contributed by atoms with Gasteiger partial charge in [-0.2, -0.15) is 0 Å². The summed E-state index contributed by atoms with van der Waals surface area (Å²) >= 11 is -1.77. The summed E-state index contributed by atoms with van der Waals surface area (Å²) in [5.41, 5.74) is 4.05. The third-order valence-electron chi connectivity index (χ3n) is 3.92. The normalized spacial score (nSPS) is 15.9. The van der Waals surface area contributed by atoms with Crippen LogP contribution in [0.2, 0.25) is 0 Å². The van der Waals surface area contributed by atoms with Gasteiger partial charge in [-0.25, -0.2) is 0 Å². The van der Waals surface area contributed by atoms with E-state index in [1.54, 1.807) is 6.56 Å². The van der Waals surface area contributed by atoms with Crippen molar-refractivity contribution in [3.63, 3.8) is 0 Å². The third kappa shape index (κ3) is 4.31. The zero-order valence-corrected chi connectivity index (χ0v) is 16.4. The fourth-order valence-electron chi connectivity index (χ4n) is 3.00. The number of aryl methyl sites for hydroxylation is 2. The van der Waals surface area contributed by atoms with E-state index in [1.165, 1.54) is 29.5 Å². The Balaban J connectivity index is 0.00000176. The first kappa shape index (κ1) is 17.4. The van der Waals surface area contributed by atoms with Gasteiger partial charge in [-0.05, 0) is 0 Å². The predicted molar refractivity (Wildman–Crippen MR) is 88.6 cm³/mol. The van der Waals surface area contributed by atoms with Gasteiger partial charge in [0.05, 0.1) is 0 Å². The Hall–Kier alpha value is -0.907. The molecule has 3 rings (SSSR count). The van der Waals surface area contributed by atoms with Crippen molar-refractivity contribution in [2.45, 2.75) is 26.7 Å². The monoisotopic (exact) mass is 386 g/mol. The summed E-state index contributed by atoms with van der Waals surface area (Å²) in [6.07, 6.45) is 18.5. The number of hydrogen-bond donors (Lipinski definition) is 0. The van der Waals surface area contributed by atoms with Crippen LogP contribution in [-0.2, 0) is 21.8 Å². The second-order valence-electron chi connectivity index (χ2n) is 5.82. The molecule has 0 saturated carbocycles. The molecule has 2 aliphatic rings. The van der Waals surface area contributed by atoms with Crippen LogP contribution in [0.5, 0.6) is 0 Å². The van der Waals surface area contributed by atoms with Gasteiger partial charge in [-0.1, -0.05) is 0 Å². The molecule has 0 aromatic heterocycles. The van der Waals surface area contributed by atoms with Crippen LogP contribution < -0.4 is 12.4 Å². The Bertz CT molecular complexity index is 639. The average Bonchev–Trinajstić information content (AvgIpc) is 3.10. The molecular weight excluding hydrogens is 367 g/mol. The molecule has 0 amide bonds. The van der Waals surface area contributed by atoms with Crippen LogP contribution >= 0.6 is 0 Å². The van der Waals surface area contributed by atoms with Crippen LogP contribution in [0.3, 0.4) is 0 Å². The second-order valence-corrected chi connectivity index (χ2v) is 11.8. The standard InChI is InChI=1S/C10H11.2C5H5.ClH.Zr/c1-4-10-6-8(2)5-9(3)7-10;2*1-2-4-5-3-1;;/h1,4-7H,2-3H3;2*1-3H,4H2;1H;/q;;;;+1/p-1. The van der Waals surface area contributed by atoms with E-state index >= 15 is 0 Å². The Morgan fingerprint density at radius 2 is 1.41 bits per heavy atom. The number of hydrogen-bond acceptors (Lipinski definition) is 0. The molecule has 1 aromatic rings. The summed E-state index contributed by atoms with van der Waals surface area (Å²) in [4.78, 5) is 0. The Morgan fingerprint density at radius 1 is 0.864 bits per heavy atom. The van der Waals surface area contributed by atoms with E-state index in [1.807, 2.05) is 0 Å². The van der Waals surface area contributed by atoms with Gasteiger partial charge in [0.1, 0.15) is 0 Å². The van der Waals surface area contributed by atoms with E-state index in [9.17, 15) is 0 Å². The zero-order valence-electron chi connectivity index (χ0n) is 13.1. The van der Waals surface area contributed by atoms with Crippen molar-refractivity contribution >= 4 is 6.08 Å². The summed E-state index contributed by atoms with van der Waals surface area (Å²) in [5.74, 6) is 0. The van der Waals surface area contributed by atoms with Crippen LogP contribution in [0.25, 0.3) is 6.08 Å². The van der Waals surface area contributed by atoms with Gasteiger partial charge in [0, 0.05) is 0 Å². The first-order valence-corrected chi connectivity index (χ1v) is 11.5. The summed E-state index contributed by atoms with van der Waals surface area (Å²) in [6, 6.07) is 6.81. The van der Waals surface area contributed by atoms with Crippen LogP contribution in [0.4, 0.5) is 0 Å².